The Labute approximate surface area is 118 Å². The van der Waals surface area contributed by atoms with Gasteiger partial charge in [-0.15, -0.1) is 0 Å². The number of hydrogen-bond acceptors (Lipinski definition) is 2. The molecule has 2 rings (SSSR count). The minimum Gasteiger partial charge on any atom is -0.323 e. The molecular weight excluding hydrogens is 232 g/mol. The molecule has 0 aliphatic heterocycles. The molecule has 0 aromatic heterocycles. The fourth-order valence-corrected chi connectivity index (χ4v) is 3.45. The van der Waals surface area contributed by atoms with E-state index in [1.54, 1.807) is 0 Å². The standard InChI is InChI=1S/C17H28N2/c1-3-16(17(18)14-10-6-4-7-11-14)19(2)15-12-8-5-9-13-15/h4,6-7,10-11,15-17H,3,5,8-9,12-13,18H2,1-2H3. The molecule has 1 aliphatic rings. The average Bonchev–Trinajstić information content (AvgIpc) is 2.49. The largest absolute Gasteiger partial charge is 0.323 e. The van der Waals surface area contributed by atoms with Gasteiger partial charge in [-0.1, -0.05) is 56.5 Å². The van der Waals surface area contributed by atoms with Crippen molar-refractivity contribution in [1.29, 1.82) is 0 Å². The van der Waals surface area contributed by atoms with Crippen LogP contribution in [-0.2, 0) is 0 Å². The van der Waals surface area contributed by atoms with Crippen molar-refractivity contribution in [3.8, 4) is 0 Å². The number of nitrogens with zero attached hydrogens (tertiary/aromatic N) is 1. The highest BCUT2D eigenvalue weighted by atomic mass is 15.2. The zero-order valence-electron chi connectivity index (χ0n) is 12.4. The van der Waals surface area contributed by atoms with Crippen LogP contribution in [0.1, 0.15) is 57.1 Å². The van der Waals surface area contributed by atoms with Crippen molar-refractivity contribution in [2.24, 2.45) is 5.73 Å². The maximum atomic E-state index is 6.52. The van der Waals surface area contributed by atoms with Gasteiger partial charge in [0.05, 0.1) is 0 Å². The van der Waals surface area contributed by atoms with E-state index >= 15 is 0 Å². The van der Waals surface area contributed by atoms with Crippen molar-refractivity contribution in [2.45, 2.75) is 63.6 Å². The predicted molar refractivity (Wildman–Crippen MR) is 82.1 cm³/mol. The van der Waals surface area contributed by atoms with Crippen molar-refractivity contribution in [2.75, 3.05) is 7.05 Å². The Morgan fingerprint density at radius 3 is 2.37 bits per heavy atom. The summed E-state index contributed by atoms with van der Waals surface area (Å²) in [4.78, 5) is 2.55. The van der Waals surface area contributed by atoms with Gasteiger partial charge in [-0.2, -0.15) is 0 Å². The van der Waals surface area contributed by atoms with E-state index in [9.17, 15) is 0 Å². The molecule has 1 aliphatic carbocycles. The van der Waals surface area contributed by atoms with Crippen LogP contribution in [0.4, 0.5) is 0 Å². The normalized spacial score (nSPS) is 20.4. The molecule has 2 N–H and O–H groups in total. The zero-order valence-corrected chi connectivity index (χ0v) is 12.4. The van der Waals surface area contributed by atoms with Crippen LogP contribution in [-0.4, -0.2) is 24.0 Å². The summed E-state index contributed by atoms with van der Waals surface area (Å²) in [6, 6.07) is 11.8. The van der Waals surface area contributed by atoms with Gasteiger partial charge in [-0.3, -0.25) is 4.90 Å². The Morgan fingerprint density at radius 1 is 1.16 bits per heavy atom. The molecule has 2 heteroatoms. The first-order valence-electron chi connectivity index (χ1n) is 7.76. The summed E-state index contributed by atoms with van der Waals surface area (Å²) in [7, 11) is 2.27. The molecule has 19 heavy (non-hydrogen) atoms. The number of likely N-dealkylation sites (N-methyl/N-ethyl adjacent to an activating group) is 1. The third-order valence-electron chi connectivity index (χ3n) is 4.69. The second-order valence-corrected chi connectivity index (χ2v) is 5.87. The SMILES string of the molecule is CCC(C(N)c1ccccc1)N(C)C1CCCCC1. The predicted octanol–water partition coefficient (Wildman–Crippen LogP) is 3.73. The van der Waals surface area contributed by atoms with Crippen LogP contribution in [0.2, 0.25) is 0 Å². The van der Waals surface area contributed by atoms with Crippen LogP contribution in [0.3, 0.4) is 0 Å². The molecular formula is C17H28N2. The molecule has 0 heterocycles. The Kier molecular flexibility index (Phi) is 5.41. The van der Waals surface area contributed by atoms with Gasteiger partial charge in [0.1, 0.15) is 0 Å². The van der Waals surface area contributed by atoms with Crippen molar-refractivity contribution in [3.05, 3.63) is 35.9 Å². The summed E-state index contributed by atoms with van der Waals surface area (Å²) in [6.07, 6.45) is 7.97. The Bertz CT molecular complexity index is 357. The van der Waals surface area contributed by atoms with Crippen molar-refractivity contribution < 1.29 is 0 Å². The van der Waals surface area contributed by atoms with Crippen LogP contribution in [0.5, 0.6) is 0 Å². The van der Waals surface area contributed by atoms with Crippen LogP contribution in [0.25, 0.3) is 0 Å². The first kappa shape index (κ1) is 14.5. The maximum Gasteiger partial charge on any atom is 0.0452 e. The van der Waals surface area contributed by atoms with Gasteiger partial charge in [0.2, 0.25) is 0 Å². The molecule has 2 nitrogen and oxygen atoms in total. The lowest BCUT2D eigenvalue weighted by atomic mass is 9.90. The second-order valence-electron chi connectivity index (χ2n) is 5.87. The molecule has 2 unspecified atom stereocenters. The summed E-state index contributed by atoms with van der Waals surface area (Å²) < 4.78 is 0. The van der Waals surface area contributed by atoms with Gasteiger partial charge in [-0.05, 0) is 31.9 Å². The van der Waals surface area contributed by atoms with Crippen LogP contribution in [0.15, 0.2) is 30.3 Å². The molecule has 1 fully saturated rings. The highest BCUT2D eigenvalue weighted by molar-refractivity contribution is 5.20. The van der Waals surface area contributed by atoms with E-state index in [0.717, 1.165) is 12.5 Å². The fourth-order valence-electron chi connectivity index (χ4n) is 3.45. The van der Waals surface area contributed by atoms with Crippen molar-refractivity contribution >= 4 is 0 Å². The lowest BCUT2D eigenvalue weighted by Gasteiger charge is -2.39. The van der Waals surface area contributed by atoms with Crippen LogP contribution in [0, 0.1) is 0 Å². The molecule has 1 aromatic rings. The molecule has 0 bridgehead atoms. The number of benzene rings is 1. The fraction of sp³-hybridized carbons (Fsp3) is 0.647. The second kappa shape index (κ2) is 7.06. The van der Waals surface area contributed by atoms with Crippen LogP contribution >= 0.6 is 0 Å². The molecule has 1 saturated carbocycles. The van der Waals surface area contributed by atoms with E-state index in [-0.39, 0.29) is 6.04 Å². The number of nitrogens with two attached hydrogens (primary N) is 1. The van der Waals surface area contributed by atoms with Gasteiger partial charge in [0.25, 0.3) is 0 Å². The summed E-state index contributed by atoms with van der Waals surface area (Å²) in [5.74, 6) is 0. The van der Waals surface area contributed by atoms with E-state index in [4.69, 9.17) is 5.73 Å². The summed E-state index contributed by atoms with van der Waals surface area (Å²) >= 11 is 0. The summed E-state index contributed by atoms with van der Waals surface area (Å²) in [5.41, 5.74) is 7.78. The quantitative estimate of drug-likeness (QED) is 0.874. The van der Waals surface area contributed by atoms with Crippen molar-refractivity contribution in [1.82, 2.24) is 4.90 Å². The molecule has 0 radical (unpaired) electrons. The zero-order chi connectivity index (χ0) is 13.7. The number of rotatable bonds is 5. The van der Waals surface area contributed by atoms with Gasteiger partial charge >= 0.3 is 0 Å². The van der Waals surface area contributed by atoms with Crippen molar-refractivity contribution in [3.63, 3.8) is 0 Å². The van der Waals surface area contributed by atoms with Crippen LogP contribution < -0.4 is 5.73 Å². The van der Waals surface area contributed by atoms with Gasteiger partial charge in [-0.25, -0.2) is 0 Å². The highest BCUT2D eigenvalue weighted by Gasteiger charge is 2.28. The molecule has 0 amide bonds. The molecule has 0 saturated heterocycles. The monoisotopic (exact) mass is 260 g/mol. The molecule has 1 aromatic carbocycles. The van der Waals surface area contributed by atoms with E-state index in [1.165, 1.54) is 37.7 Å². The Balaban J connectivity index is 2.05. The van der Waals surface area contributed by atoms with E-state index in [2.05, 4.69) is 49.2 Å². The first-order valence-corrected chi connectivity index (χ1v) is 7.76. The lowest BCUT2D eigenvalue weighted by Crippen LogP contribution is -2.46. The van der Waals surface area contributed by atoms with E-state index in [1.807, 2.05) is 0 Å². The molecule has 0 spiro atoms. The van der Waals surface area contributed by atoms with Gasteiger partial charge in [0, 0.05) is 18.1 Å². The summed E-state index contributed by atoms with van der Waals surface area (Å²) in [6.45, 7) is 2.26. The number of hydrogen-bond donors (Lipinski definition) is 1. The summed E-state index contributed by atoms with van der Waals surface area (Å²) in [5, 5.41) is 0. The minimum absolute atomic E-state index is 0.123. The average molecular weight is 260 g/mol. The topological polar surface area (TPSA) is 29.3 Å². The van der Waals surface area contributed by atoms with E-state index < -0.39 is 0 Å². The van der Waals surface area contributed by atoms with Gasteiger partial charge in [0.15, 0.2) is 0 Å². The lowest BCUT2D eigenvalue weighted by molar-refractivity contribution is 0.116. The maximum absolute atomic E-state index is 6.52. The molecule has 2 atom stereocenters. The minimum atomic E-state index is 0.123. The Hall–Kier alpha value is -0.860. The smallest absolute Gasteiger partial charge is 0.0452 e. The Morgan fingerprint density at radius 2 is 1.79 bits per heavy atom. The van der Waals surface area contributed by atoms with Gasteiger partial charge < -0.3 is 5.73 Å². The highest BCUT2D eigenvalue weighted by Crippen LogP contribution is 2.28. The third kappa shape index (κ3) is 3.58. The first-order chi connectivity index (χ1) is 9.24. The molecule has 106 valence electrons. The third-order valence-corrected chi connectivity index (χ3v) is 4.69. The van der Waals surface area contributed by atoms with E-state index in [0.29, 0.717) is 6.04 Å².